The van der Waals surface area contributed by atoms with Crippen LogP contribution in [0.5, 0.6) is 0 Å². The number of nitroso groups, excluding NO2 is 1. The average molecular weight is 177 g/mol. The largest absolute Gasteiger partial charge is 0.416 e. The van der Waals surface area contributed by atoms with E-state index in [1.165, 1.54) is 0 Å². The normalized spacial score (nSPS) is 18.2. The first-order valence-electron chi connectivity index (χ1n) is 3.35. The first-order chi connectivity index (χ1) is 5.54. The zero-order valence-electron chi connectivity index (χ0n) is 6.06. The van der Waals surface area contributed by atoms with Crippen LogP contribution in [0.4, 0.5) is 13.2 Å². The van der Waals surface area contributed by atoms with Gasteiger partial charge in [-0.2, -0.15) is 13.2 Å². The Bertz CT molecular complexity index is 252. The summed E-state index contributed by atoms with van der Waals surface area (Å²) in [7, 11) is 0. The van der Waals surface area contributed by atoms with Gasteiger partial charge in [-0.25, -0.2) is 0 Å². The number of nitrogens with zero attached hydrogens (tertiary/aromatic N) is 1. The first-order valence-corrected chi connectivity index (χ1v) is 3.35. The molecule has 0 atom stereocenters. The van der Waals surface area contributed by atoms with Crippen molar-refractivity contribution in [3.05, 3.63) is 28.3 Å². The van der Waals surface area contributed by atoms with Gasteiger partial charge >= 0.3 is 6.18 Å². The van der Waals surface area contributed by atoms with Crippen LogP contribution in [0.15, 0.2) is 28.6 Å². The molecule has 0 bridgehead atoms. The highest BCUT2D eigenvalue weighted by molar-refractivity contribution is 5.30. The summed E-state index contributed by atoms with van der Waals surface area (Å²) >= 11 is 0. The van der Waals surface area contributed by atoms with E-state index in [0.29, 0.717) is 6.42 Å². The highest BCUT2D eigenvalue weighted by Crippen LogP contribution is 2.31. The van der Waals surface area contributed by atoms with Crippen molar-refractivity contribution in [3.8, 4) is 0 Å². The molecule has 0 spiro atoms. The molecule has 0 aromatic carbocycles. The maximum atomic E-state index is 12.0. The molecular weight excluding hydrogens is 171 g/mol. The third-order valence-electron chi connectivity index (χ3n) is 1.53. The molecule has 1 aliphatic rings. The third-order valence-corrected chi connectivity index (χ3v) is 1.53. The molecule has 0 amide bonds. The lowest BCUT2D eigenvalue weighted by Crippen LogP contribution is -2.12. The molecule has 1 aliphatic carbocycles. The number of rotatable bonds is 1. The molecule has 0 aromatic rings. The Morgan fingerprint density at radius 1 is 1.42 bits per heavy atom. The van der Waals surface area contributed by atoms with Crippen molar-refractivity contribution >= 4 is 0 Å². The second-order valence-corrected chi connectivity index (χ2v) is 2.42. The monoisotopic (exact) mass is 177 g/mol. The standard InChI is InChI=1S/C7H6F3NO/c8-7(9,10)5-2-1-3-6(4-5)11-12/h2,4H,1,3H2. The van der Waals surface area contributed by atoms with Crippen LogP contribution >= 0.6 is 0 Å². The zero-order valence-corrected chi connectivity index (χ0v) is 6.06. The van der Waals surface area contributed by atoms with Crippen molar-refractivity contribution in [1.82, 2.24) is 0 Å². The smallest absolute Gasteiger partial charge is 0.166 e. The average Bonchev–Trinajstić information content (AvgIpc) is 2.03. The fourth-order valence-corrected chi connectivity index (χ4v) is 0.956. The number of alkyl halides is 3. The molecule has 0 heterocycles. The maximum Gasteiger partial charge on any atom is 0.416 e. The highest BCUT2D eigenvalue weighted by Gasteiger charge is 2.33. The van der Waals surface area contributed by atoms with Crippen LogP contribution in [0.3, 0.4) is 0 Å². The van der Waals surface area contributed by atoms with Crippen molar-refractivity contribution in [2.24, 2.45) is 5.18 Å². The van der Waals surface area contributed by atoms with Gasteiger partial charge in [0.1, 0.15) is 0 Å². The van der Waals surface area contributed by atoms with Crippen molar-refractivity contribution in [2.45, 2.75) is 19.0 Å². The number of allylic oxidation sites excluding steroid dienone is 4. The van der Waals surface area contributed by atoms with E-state index >= 15 is 0 Å². The van der Waals surface area contributed by atoms with Crippen molar-refractivity contribution in [1.29, 1.82) is 0 Å². The molecule has 0 aromatic heterocycles. The van der Waals surface area contributed by atoms with E-state index < -0.39 is 11.7 Å². The quantitative estimate of drug-likeness (QED) is 0.566. The summed E-state index contributed by atoms with van der Waals surface area (Å²) in [6, 6.07) is 0. The van der Waals surface area contributed by atoms with E-state index in [9.17, 15) is 18.1 Å². The molecule has 0 unspecified atom stereocenters. The van der Waals surface area contributed by atoms with Gasteiger partial charge in [0.25, 0.3) is 0 Å². The van der Waals surface area contributed by atoms with Crippen molar-refractivity contribution in [3.63, 3.8) is 0 Å². The number of halogens is 3. The fraction of sp³-hybridized carbons (Fsp3) is 0.429. The summed E-state index contributed by atoms with van der Waals surface area (Å²) < 4.78 is 36.0. The topological polar surface area (TPSA) is 29.4 Å². The Morgan fingerprint density at radius 3 is 2.58 bits per heavy atom. The molecule has 0 saturated carbocycles. The SMILES string of the molecule is O=NC1=CC(C(F)(F)F)=CCC1. The summed E-state index contributed by atoms with van der Waals surface area (Å²) in [5.74, 6) is 0. The number of hydrogen-bond donors (Lipinski definition) is 0. The molecule has 66 valence electrons. The van der Waals surface area contributed by atoms with Gasteiger partial charge in [-0.3, -0.25) is 0 Å². The zero-order chi connectivity index (χ0) is 9.19. The third kappa shape index (κ3) is 1.93. The van der Waals surface area contributed by atoms with E-state index in [-0.39, 0.29) is 12.1 Å². The van der Waals surface area contributed by atoms with Gasteiger partial charge in [0.05, 0.1) is 11.3 Å². The first kappa shape index (κ1) is 8.96. The van der Waals surface area contributed by atoms with Gasteiger partial charge in [-0.15, -0.1) is 4.91 Å². The minimum absolute atomic E-state index is 0.0372. The lowest BCUT2D eigenvalue weighted by atomic mass is 10.0. The van der Waals surface area contributed by atoms with E-state index in [1.54, 1.807) is 0 Å². The second kappa shape index (κ2) is 3.08. The Labute approximate surface area is 66.7 Å². The van der Waals surface area contributed by atoms with E-state index in [4.69, 9.17) is 0 Å². The minimum Gasteiger partial charge on any atom is -0.166 e. The molecule has 2 nitrogen and oxygen atoms in total. The summed E-state index contributed by atoms with van der Waals surface area (Å²) in [5, 5.41) is 2.48. The second-order valence-electron chi connectivity index (χ2n) is 2.42. The molecule has 0 N–H and O–H groups in total. The van der Waals surface area contributed by atoms with Crippen LogP contribution in [0.1, 0.15) is 12.8 Å². The highest BCUT2D eigenvalue weighted by atomic mass is 19.4. The van der Waals surface area contributed by atoms with Gasteiger partial charge in [-0.05, 0) is 24.1 Å². The Balaban J connectivity index is 2.87. The lowest BCUT2D eigenvalue weighted by molar-refractivity contribution is -0.0887. The Kier molecular flexibility index (Phi) is 2.30. The van der Waals surface area contributed by atoms with Crippen LogP contribution in [-0.2, 0) is 0 Å². The minimum atomic E-state index is -4.36. The van der Waals surface area contributed by atoms with Gasteiger partial charge in [-0.1, -0.05) is 6.08 Å². The molecule has 0 radical (unpaired) electrons. The molecule has 0 fully saturated rings. The number of hydrogen-bond acceptors (Lipinski definition) is 2. The molecule has 0 saturated heterocycles. The Hall–Kier alpha value is -1.13. The summed E-state index contributed by atoms with van der Waals surface area (Å²) in [6.45, 7) is 0. The molecule has 0 aliphatic heterocycles. The van der Waals surface area contributed by atoms with Gasteiger partial charge in [0, 0.05) is 0 Å². The van der Waals surface area contributed by atoms with Gasteiger partial charge in [0.15, 0.2) is 0 Å². The predicted octanol–water partition coefficient (Wildman–Crippen LogP) is 2.92. The van der Waals surface area contributed by atoms with Crippen LogP contribution in [0, 0.1) is 4.91 Å². The van der Waals surface area contributed by atoms with Crippen molar-refractivity contribution < 1.29 is 13.2 Å². The predicted molar refractivity (Wildman–Crippen MR) is 37.3 cm³/mol. The fourth-order valence-electron chi connectivity index (χ4n) is 0.956. The molecular formula is C7H6F3NO. The molecule has 12 heavy (non-hydrogen) atoms. The van der Waals surface area contributed by atoms with E-state index in [2.05, 4.69) is 5.18 Å². The summed E-state index contributed by atoms with van der Waals surface area (Å²) in [5.41, 5.74) is -0.812. The van der Waals surface area contributed by atoms with Gasteiger partial charge in [0.2, 0.25) is 0 Å². The van der Waals surface area contributed by atoms with Crippen LogP contribution in [0.2, 0.25) is 0 Å². The van der Waals surface area contributed by atoms with Crippen LogP contribution in [-0.4, -0.2) is 6.18 Å². The summed E-state index contributed by atoms with van der Waals surface area (Å²) in [6.07, 6.45) is -1.99. The maximum absolute atomic E-state index is 12.0. The van der Waals surface area contributed by atoms with E-state index in [1.807, 2.05) is 0 Å². The van der Waals surface area contributed by atoms with E-state index in [0.717, 1.165) is 12.2 Å². The van der Waals surface area contributed by atoms with Gasteiger partial charge < -0.3 is 0 Å². The van der Waals surface area contributed by atoms with Crippen molar-refractivity contribution in [2.75, 3.05) is 0 Å². The Morgan fingerprint density at radius 2 is 2.08 bits per heavy atom. The lowest BCUT2D eigenvalue weighted by Gasteiger charge is -2.11. The van der Waals surface area contributed by atoms with Crippen LogP contribution in [0.25, 0.3) is 0 Å². The molecule has 5 heteroatoms. The van der Waals surface area contributed by atoms with Crippen LogP contribution < -0.4 is 0 Å². The molecule has 1 rings (SSSR count). The summed E-state index contributed by atoms with van der Waals surface area (Å²) in [4.78, 5) is 9.92.